The quantitative estimate of drug-likeness (QED) is 0.597. The van der Waals surface area contributed by atoms with Crippen LogP contribution in [0.4, 0.5) is 5.69 Å². The molecule has 2 aromatic rings. The van der Waals surface area contributed by atoms with E-state index < -0.39 is 14.8 Å². The van der Waals surface area contributed by atoms with Crippen molar-refractivity contribution in [3.8, 4) is 5.75 Å². The van der Waals surface area contributed by atoms with Gasteiger partial charge >= 0.3 is 0 Å². The van der Waals surface area contributed by atoms with E-state index in [1.165, 1.54) is 18.2 Å². The van der Waals surface area contributed by atoms with Gasteiger partial charge in [0.05, 0.1) is 16.4 Å². The van der Waals surface area contributed by atoms with E-state index in [9.17, 15) is 18.5 Å². The number of rotatable bonds is 6. The Bertz CT molecular complexity index is 826. The number of hydrogen-bond donors (Lipinski definition) is 0. The number of sulfone groups is 1. The predicted molar refractivity (Wildman–Crippen MR) is 86.9 cm³/mol. The molecule has 0 radical (unpaired) electrons. The SMILES string of the molecule is CCOc1ccccc1/C=C/S(=O)(=O)c1ccc([N+](=O)[O-])cc1. The molecule has 23 heavy (non-hydrogen) atoms. The van der Waals surface area contributed by atoms with Gasteiger partial charge in [-0.15, -0.1) is 0 Å². The van der Waals surface area contributed by atoms with Crippen LogP contribution in [-0.2, 0) is 9.84 Å². The highest BCUT2D eigenvalue weighted by Gasteiger charge is 2.13. The summed E-state index contributed by atoms with van der Waals surface area (Å²) in [4.78, 5) is 10.0. The Hall–Kier alpha value is -2.67. The lowest BCUT2D eigenvalue weighted by Gasteiger charge is -2.06. The van der Waals surface area contributed by atoms with Crippen LogP contribution < -0.4 is 4.74 Å². The molecule has 0 fully saturated rings. The van der Waals surface area contributed by atoms with Gasteiger partial charge in [-0.3, -0.25) is 10.1 Å². The summed E-state index contributed by atoms with van der Waals surface area (Å²) in [6.45, 7) is 2.31. The molecule has 7 heteroatoms. The van der Waals surface area contributed by atoms with Crippen molar-refractivity contribution >= 4 is 21.6 Å². The van der Waals surface area contributed by atoms with Crippen molar-refractivity contribution in [2.75, 3.05) is 6.61 Å². The average molecular weight is 333 g/mol. The summed E-state index contributed by atoms with van der Waals surface area (Å²) in [6.07, 6.45) is 1.45. The van der Waals surface area contributed by atoms with E-state index in [1.807, 2.05) is 6.92 Å². The van der Waals surface area contributed by atoms with E-state index in [1.54, 1.807) is 24.3 Å². The summed E-state index contributed by atoms with van der Waals surface area (Å²) in [5, 5.41) is 11.7. The first-order valence-corrected chi connectivity index (χ1v) is 8.38. The Balaban J connectivity index is 2.29. The van der Waals surface area contributed by atoms with Gasteiger partial charge in [0.1, 0.15) is 5.75 Å². The summed E-state index contributed by atoms with van der Waals surface area (Å²) < 4.78 is 29.9. The first kappa shape index (κ1) is 16.7. The van der Waals surface area contributed by atoms with E-state index in [2.05, 4.69) is 0 Å². The first-order chi connectivity index (χ1) is 10.9. The summed E-state index contributed by atoms with van der Waals surface area (Å²) in [5.74, 6) is 0.588. The lowest BCUT2D eigenvalue weighted by molar-refractivity contribution is -0.384. The molecule has 0 saturated heterocycles. The maximum absolute atomic E-state index is 12.3. The molecule has 6 nitrogen and oxygen atoms in total. The van der Waals surface area contributed by atoms with Crippen LogP contribution >= 0.6 is 0 Å². The normalized spacial score (nSPS) is 11.5. The number of nitro groups is 1. The molecule has 0 spiro atoms. The number of non-ortho nitro benzene ring substituents is 1. The van der Waals surface area contributed by atoms with E-state index in [4.69, 9.17) is 4.74 Å². The van der Waals surface area contributed by atoms with Crippen molar-refractivity contribution < 1.29 is 18.1 Å². The van der Waals surface area contributed by atoms with Gasteiger partial charge in [0.2, 0.25) is 0 Å². The topological polar surface area (TPSA) is 86.5 Å². The van der Waals surface area contributed by atoms with Gasteiger partial charge < -0.3 is 4.74 Å². The standard InChI is InChI=1S/C16H15NO5S/c1-2-22-16-6-4-3-5-13(16)11-12-23(20,21)15-9-7-14(8-10-15)17(18)19/h3-12H,2H2,1H3/b12-11+. The molecule has 0 aliphatic heterocycles. The fraction of sp³-hybridized carbons (Fsp3) is 0.125. The zero-order chi connectivity index (χ0) is 16.9. The molecule has 120 valence electrons. The second-order valence-corrected chi connectivity index (χ2v) is 6.40. The van der Waals surface area contributed by atoms with Crippen molar-refractivity contribution in [2.45, 2.75) is 11.8 Å². The molecule has 0 aliphatic carbocycles. The number of benzene rings is 2. The highest BCUT2D eigenvalue weighted by molar-refractivity contribution is 7.94. The minimum Gasteiger partial charge on any atom is -0.493 e. The molecular weight excluding hydrogens is 318 g/mol. The molecule has 2 rings (SSSR count). The van der Waals surface area contributed by atoms with Crippen LogP contribution in [-0.4, -0.2) is 19.9 Å². The van der Waals surface area contributed by atoms with Crippen molar-refractivity contribution in [3.05, 3.63) is 69.6 Å². The van der Waals surface area contributed by atoms with Gasteiger partial charge in [0, 0.05) is 23.1 Å². The fourth-order valence-corrected chi connectivity index (χ4v) is 2.90. The molecule has 0 atom stereocenters. The number of nitro benzene ring substituents is 1. The largest absolute Gasteiger partial charge is 0.493 e. The number of ether oxygens (including phenoxy) is 1. The highest BCUT2D eigenvalue weighted by Crippen LogP contribution is 2.22. The zero-order valence-electron chi connectivity index (χ0n) is 12.4. The van der Waals surface area contributed by atoms with E-state index in [0.717, 1.165) is 17.5 Å². The molecule has 0 amide bonds. The Morgan fingerprint density at radius 1 is 1.13 bits per heavy atom. The van der Waals surface area contributed by atoms with Crippen LogP contribution in [0.5, 0.6) is 5.75 Å². The average Bonchev–Trinajstić information content (AvgIpc) is 2.54. The number of hydrogen-bond acceptors (Lipinski definition) is 5. The predicted octanol–water partition coefficient (Wildman–Crippen LogP) is 3.44. The monoisotopic (exact) mass is 333 g/mol. The van der Waals surface area contributed by atoms with E-state index in [-0.39, 0.29) is 10.6 Å². The molecule has 0 saturated carbocycles. The molecule has 0 aromatic heterocycles. The highest BCUT2D eigenvalue weighted by atomic mass is 32.2. The van der Waals surface area contributed by atoms with Crippen LogP contribution in [0.25, 0.3) is 6.08 Å². The second kappa shape index (κ2) is 7.06. The molecule has 0 aliphatic rings. The van der Waals surface area contributed by atoms with Gasteiger partial charge in [-0.1, -0.05) is 18.2 Å². The maximum Gasteiger partial charge on any atom is 0.269 e. The summed E-state index contributed by atoms with van der Waals surface area (Å²) in [7, 11) is -3.69. The van der Waals surface area contributed by atoms with Crippen LogP contribution in [0.15, 0.2) is 58.8 Å². The van der Waals surface area contributed by atoms with E-state index >= 15 is 0 Å². The number of para-hydroxylation sites is 1. The third kappa shape index (κ3) is 4.17. The Morgan fingerprint density at radius 3 is 2.39 bits per heavy atom. The van der Waals surface area contributed by atoms with Gasteiger partial charge in [0.25, 0.3) is 5.69 Å². The lowest BCUT2D eigenvalue weighted by atomic mass is 10.2. The first-order valence-electron chi connectivity index (χ1n) is 6.83. The number of nitrogens with zero attached hydrogens (tertiary/aromatic N) is 1. The van der Waals surface area contributed by atoms with Crippen LogP contribution in [0.3, 0.4) is 0 Å². The van der Waals surface area contributed by atoms with Crippen LogP contribution in [0, 0.1) is 10.1 Å². The van der Waals surface area contributed by atoms with Gasteiger partial charge in [-0.05, 0) is 31.2 Å². The third-order valence-corrected chi connectivity index (χ3v) is 4.45. The summed E-state index contributed by atoms with van der Waals surface area (Å²) in [6, 6.07) is 11.8. The molecule has 0 N–H and O–H groups in total. The van der Waals surface area contributed by atoms with Crippen LogP contribution in [0.1, 0.15) is 12.5 Å². The Labute approximate surface area is 134 Å². The van der Waals surface area contributed by atoms with Gasteiger partial charge in [-0.25, -0.2) is 8.42 Å². The van der Waals surface area contributed by atoms with Crippen molar-refractivity contribution in [1.82, 2.24) is 0 Å². The molecule has 0 unspecified atom stereocenters. The third-order valence-electron chi connectivity index (χ3n) is 3.02. The molecule has 0 heterocycles. The zero-order valence-corrected chi connectivity index (χ0v) is 13.2. The van der Waals surface area contributed by atoms with Crippen molar-refractivity contribution in [1.29, 1.82) is 0 Å². The Kier molecular flexibility index (Phi) is 5.13. The fourth-order valence-electron chi connectivity index (χ4n) is 1.90. The minimum atomic E-state index is -3.69. The summed E-state index contributed by atoms with van der Waals surface area (Å²) in [5.41, 5.74) is 0.481. The Morgan fingerprint density at radius 2 is 1.78 bits per heavy atom. The van der Waals surface area contributed by atoms with E-state index in [0.29, 0.717) is 17.9 Å². The van der Waals surface area contributed by atoms with Crippen molar-refractivity contribution in [2.24, 2.45) is 0 Å². The minimum absolute atomic E-state index is 0.00626. The summed E-state index contributed by atoms with van der Waals surface area (Å²) >= 11 is 0. The molecular formula is C16H15NO5S. The van der Waals surface area contributed by atoms with Gasteiger partial charge in [0.15, 0.2) is 9.84 Å². The lowest BCUT2D eigenvalue weighted by Crippen LogP contribution is -1.97. The molecule has 0 bridgehead atoms. The smallest absolute Gasteiger partial charge is 0.269 e. The maximum atomic E-state index is 12.3. The van der Waals surface area contributed by atoms with Crippen molar-refractivity contribution in [3.63, 3.8) is 0 Å². The van der Waals surface area contributed by atoms with Gasteiger partial charge in [-0.2, -0.15) is 0 Å². The molecule has 2 aromatic carbocycles. The second-order valence-electron chi connectivity index (χ2n) is 4.57. The van der Waals surface area contributed by atoms with Crippen LogP contribution in [0.2, 0.25) is 0 Å².